The van der Waals surface area contributed by atoms with E-state index in [9.17, 15) is 17.6 Å². The van der Waals surface area contributed by atoms with Crippen LogP contribution in [-0.2, 0) is 6.42 Å². The molecule has 0 fully saturated rings. The van der Waals surface area contributed by atoms with Gasteiger partial charge in [0, 0.05) is 12.1 Å². The van der Waals surface area contributed by atoms with Crippen LogP contribution in [0.1, 0.15) is 31.0 Å². The zero-order valence-electron chi connectivity index (χ0n) is 11.7. The smallest absolute Gasteiger partial charge is 0.185 e. The molecule has 0 aromatic heterocycles. The third kappa shape index (κ3) is 3.17. The van der Waals surface area contributed by atoms with Gasteiger partial charge in [-0.2, -0.15) is 0 Å². The van der Waals surface area contributed by atoms with E-state index in [4.69, 9.17) is 0 Å². The van der Waals surface area contributed by atoms with Gasteiger partial charge in [-0.1, -0.05) is 31.2 Å². The Hall–Kier alpha value is -2.04. The van der Waals surface area contributed by atoms with Crippen LogP contribution in [-0.4, -0.2) is 0 Å². The molecule has 0 radical (unpaired) electrons. The normalized spacial score (nSPS) is 12.3. The van der Waals surface area contributed by atoms with Crippen LogP contribution in [0.2, 0.25) is 0 Å². The first kappa shape index (κ1) is 15.4. The monoisotopic (exact) mass is 297 g/mol. The molecule has 1 unspecified atom stereocenters. The molecular formula is C16H15F4N. The lowest BCUT2D eigenvalue weighted by Gasteiger charge is -2.17. The summed E-state index contributed by atoms with van der Waals surface area (Å²) in [5.74, 6) is -5.70. The van der Waals surface area contributed by atoms with E-state index in [1.54, 1.807) is 6.92 Å². The SMILES string of the molecule is CCc1ccc(C(C)Nc2c(F)c(F)cc(F)c2F)cc1. The molecule has 0 aliphatic carbocycles. The van der Waals surface area contributed by atoms with Gasteiger partial charge in [-0.15, -0.1) is 0 Å². The van der Waals surface area contributed by atoms with Gasteiger partial charge in [-0.05, 0) is 24.5 Å². The van der Waals surface area contributed by atoms with Gasteiger partial charge in [-0.3, -0.25) is 0 Å². The highest BCUT2D eigenvalue weighted by Crippen LogP contribution is 2.28. The quantitative estimate of drug-likeness (QED) is 0.620. The van der Waals surface area contributed by atoms with Crippen LogP contribution in [0.3, 0.4) is 0 Å². The minimum atomic E-state index is -1.43. The van der Waals surface area contributed by atoms with Gasteiger partial charge >= 0.3 is 0 Å². The third-order valence-electron chi connectivity index (χ3n) is 3.36. The minimum Gasteiger partial charge on any atom is -0.374 e. The molecule has 2 aromatic carbocycles. The fourth-order valence-corrected chi connectivity index (χ4v) is 2.04. The summed E-state index contributed by atoms with van der Waals surface area (Å²) in [4.78, 5) is 0. The molecule has 0 saturated heterocycles. The second-order valence-electron chi connectivity index (χ2n) is 4.80. The van der Waals surface area contributed by atoms with E-state index in [1.807, 2.05) is 31.2 Å². The van der Waals surface area contributed by atoms with E-state index < -0.39 is 35.0 Å². The van der Waals surface area contributed by atoms with Gasteiger partial charge in [0.05, 0.1) is 0 Å². The first-order valence-electron chi connectivity index (χ1n) is 6.62. The number of anilines is 1. The van der Waals surface area contributed by atoms with Crippen molar-refractivity contribution in [1.82, 2.24) is 0 Å². The summed E-state index contributed by atoms with van der Waals surface area (Å²) in [6.07, 6.45) is 0.875. The van der Waals surface area contributed by atoms with Crippen LogP contribution in [0.5, 0.6) is 0 Å². The van der Waals surface area contributed by atoms with Crippen molar-refractivity contribution in [2.75, 3.05) is 5.32 Å². The van der Waals surface area contributed by atoms with Crippen LogP contribution in [0.15, 0.2) is 30.3 Å². The van der Waals surface area contributed by atoms with Crippen molar-refractivity contribution in [2.24, 2.45) is 0 Å². The van der Waals surface area contributed by atoms with Gasteiger partial charge in [0.1, 0.15) is 5.69 Å². The molecule has 0 saturated carbocycles. The average molecular weight is 297 g/mol. The second-order valence-corrected chi connectivity index (χ2v) is 4.80. The Balaban J connectivity index is 2.28. The largest absolute Gasteiger partial charge is 0.374 e. The summed E-state index contributed by atoms with van der Waals surface area (Å²) in [6.45, 7) is 3.67. The maximum Gasteiger partial charge on any atom is 0.185 e. The first-order valence-corrected chi connectivity index (χ1v) is 6.62. The average Bonchev–Trinajstić information content (AvgIpc) is 2.49. The molecule has 2 aromatic rings. The van der Waals surface area contributed by atoms with E-state index >= 15 is 0 Å². The van der Waals surface area contributed by atoms with E-state index in [0.717, 1.165) is 17.5 Å². The van der Waals surface area contributed by atoms with E-state index in [1.165, 1.54) is 0 Å². The molecule has 112 valence electrons. The molecule has 0 bridgehead atoms. The van der Waals surface area contributed by atoms with Crippen molar-refractivity contribution in [1.29, 1.82) is 0 Å². The molecule has 21 heavy (non-hydrogen) atoms. The second kappa shape index (κ2) is 6.16. The van der Waals surface area contributed by atoms with Crippen molar-refractivity contribution in [3.63, 3.8) is 0 Å². The molecule has 2 rings (SSSR count). The predicted molar refractivity (Wildman–Crippen MR) is 74.1 cm³/mol. The Morgan fingerprint density at radius 1 is 0.952 bits per heavy atom. The molecule has 5 heteroatoms. The molecule has 0 heterocycles. The van der Waals surface area contributed by atoms with Gasteiger partial charge in [-0.25, -0.2) is 17.6 Å². The summed E-state index contributed by atoms with van der Waals surface area (Å²) in [6, 6.07) is 7.10. The van der Waals surface area contributed by atoms with Crippen LogP contribution in [0.4, 0.5) is 23.2 Å². The standard InChI is InChI=1S/C16H15F4N/c1-3-10-4-6-11(7-5-10)9(2)21-16-14(19)12(17)8-13(18)15(16)20/h4-9,21H,3H2,1-2H3. The summed E-state index contributed by atoms with van der Waals surface area (Å²) < 4.78 is 53.5. The van der Waals surface area contributed by atoms with Crippen molar-refractivity contribution in [3.05, 3.63) is 64.7 Å². The molecular weight excluding hydrogens is 282 g/mol. The summed E-state index contributed by atoms with van der Waals surface area (Å²) in [5.41, 5.74) is 1.09. The highest BCUT2D eigenvalue weighted by Gasteiger charge is 2.20. The number of halogens is 4. The zero-order valence-corrected chi connectivity index (χ0v) is 11.7. The molecule has 1 atom stereocenters. The van der Waals surface area contributed by atoms with Crippen LogP contribution in [0, 0.1) is 23.3 Å². The van der Waals surface area contributed by atoms with E-state index in [-0.39, 0.29) is 6.07 Å². The van der Waals surface area contributed by atoms with Gasteiger partial charge in [0.25, 0.3) is 0 Å². The van der Waals surface area contributed by atoms with Gasteiger partial charge in [0.2, 0.25) is 0 Å². The summed E-state index contributed by atoms with van der Waals surface area (Å²) in [5, 5.41) is 2.48. The van der Waals surface area contributed by atoms with Crippen molar-refractivity contribution in [2.45, 2.75) is 26.3 Å². The van der Waals surface area contributed by atoms with E-state index in [0.29, 0.717) is 0 Å². The Labute approximate surface area is 120 Å². The van der Waals surface area contributed by atoms with Crippen molar-refractivity contribution < 1.29 is 17.6 Å². The number of hydrogen-bond donors (Lipinski definition) is 1. The minimum absolute atomic E-state index is 0.191. The Morgan fingerprint density at radius 3 is 1.95 bits per heavy atom. The highest BCUT2D eigenvalue weighted by atomic mass is 19.2. The van der Waals surface area contributed by atoms with Crippen LogP contribution in [0.25, 0.3) is 0 Å². The fraction of sp³-hybridized carbons (Fsp3) is 0.250. The van der Waals surface area contributed by atoms with Crippen LogP contribution >= 0.6 is 0 Å². The number of rotatable bonds is 4. The van der Waals surface area contributed by atoms with Gasteiger partial charge < -0.3 is 5.32 Å². The lowest BCUT2D eigenvalue weighted by molar-refractivity contribution is 0.457. The maximum atomic E-state index is 13.6. The molecule has 0 aliphatic heterocycles. The maximum absolute atomic E-state index is 13.6. The van der Waals surface area contributed by atoms with E-state index in [2.05, 4.69) is 5.32 Å². The Morgan fingerprint density at radius 2 is 1.48 bits per heavy atom. The fourth-order valence-electron chi connectivity index (χ4n) is 2.04. The summed E-state index contributed by atoms with van der Waals surface area (Å²) >= 11 is 0. The van der Waals surface area contributed by atoms with Gasteiger partial charge in [0.15, 0.2) is 23.3 Å². The van der Waals surface area contributed by atoms with Crippen molar-refractivity contribution in [3.8, 4) is 0 Å². The molecule has 0 amide bonds. The third-order valence-corrected chi connectivity index (χ3v) is 3.36. The number of hydrogen-bond acceptors (Lipinski definition) is 1. The Kier molecular flexibility index (Phi) is 4.50. The highest BCUT2D eigenvalue weighted by molar-refractivity contribution is 5.49. The Bertz CT molecular complexity index is 611. The topological polar surface area (TPSA) is 12.0 Å². The predicted octanol–water partition coefficient (Wildman–Crippen LogP) is 4.98. The molecule has 0 aliphatic rings. The summed E-state index contributed by atoms with van der Waals surface area (Å²) in [7, 11) is 0. The van der Waals surface area contributed by atoms with Crippen molar-refractivity contribution >= 4 is 5.69 Å². The molecule has 0 spiro atoms. The first-order chi connectivity index (χ1) is 9.93. The number of benzene rings is 2. The lowest BCUT2D eigenvalue weighted by atomic mass is 10.0. The number of aryl methyl sites for hydroxylation is 1. The number of nitrogens with one attached hydrogen (secondary N) is 1. The van der Waals surface area contributed by atoms with Crippen LogP contribution < -0.4 is 5.32 Å². The zero-order chi connectivity index (χ0) is 15.6. The molecule has 1 N–H and O–H groups in total. The molecule has 1 nitrogen and oxygen atoms in total. The lowest BCUT2D eigenvalue weighted by Crippen LogP contribution is -2.11.